The molecule has 0 aliphatic carbocycles. The van der Waals surface area contributed by atoms with Crippen LogP contribution in [-0.4, -0.2) is 39.5 Å². The first-order valence-corrected chi connectivity index (χ1v) is 9.21. The lowest BCUT2D eigenvalue weighted by molar-refractivity contribution is 0.0681. The van der Waals surface area contributed by atoms with Crippen LogP contribution in [0.2, 0.25) is 0 Å². The van der Waals surface area contributed by atoms with Crippen molar-refractivity contribution in [2.75, 3.05) is 13.1 Å². The first-order valence-electron chi connectivity index (χ1n) is 9.21. The van der Waals surface area contributed by atoms with Gasteiger partial charge in [0, 0.05) is 30.4 Å². The second-order valence-electron chi connectivity index (χ2n) is 7.14. The SMILES string of the molecule is CC(N)C1CCN(C(=O)c2ccc(-n3cnc4ccccc43)cc2)CC1. The van der Waals surface area contributed by atoms with Gasteiger partial charge in [-0.25, -0.2) is 4.98 Å². The number of carbonyl (C=O) groups excluding carboxylic acids is 1. The van der Waals surface area contributed by atoms with Gasteiger partial charge < -0.3 is 10.6 Å². The molecule has 1 fully saturated rings. The van der Waals surface area contributed by atoms with Crippen LogP contribution in [0, 0.1) is 5.92 Å². The molecule has 2 N–H and O–H groups in total. The van der Waals surface area contributed by atoms with Gasteiger partial charge in [-0.05, 0) is 62.1 Å². The number of hydrogen-bond acceptors (Lipinski definition) is 3. The Labute approximate surface area is 153 Å². The van der Waals surface area contributed by atoms with Crippen LogP contribution in [0.5, 0.6) is 0 Å². The summed E-state index contributed by atoms with van der Waals surface area (Å²) in [6.45, 7) is 3.64. The highest BCUT2D eigenvalue weighted by Gasteiger charge is 2.25. The summed E-state index contributed by atoms with van der Waals surface area (Å²) in [5.41, 5.74) is 9.75. The molecule has 1 amide bonds. The number of benzene rings is 2. The molecular formula is C21H24N4O. The first-order chi connectivity index (χ1) is 12.6. The number of hydrogen-bond donors (Lipinski definition) is 1. The van der Waals surface area contributed by atoms with E-state index in [1.807, 2.05) is 64.3 Å². The van der Waals surface area contributed by atoms with Gasteiger partial charge in [0.25, 0.3) is 5.91 Å². The van der Waals surface area contributed by atoms with Crippen molar-refractivity contribution in [1.29, 1.82) is 0 Å². The number of nitrogens with zero attached hydrogens (tertiary/aromatic N) is 3. The van der Waals surface area contributed by atoms with E-state index in [4.69, 9.17) is 5.73 Å². The predicted octanol–water partition coefficient (Wildman–Crippen LogP) is 3.22. The van der Waals surface area contributed by atoms with E-state index in [1.54, 1.807) is 0 Å². The number of fused-ring (bicyclic) bond motifs is 1. The molecule has 2 aromatic carbocycles. The fraction of sp³-hybridized carbons (Fsp3) is 0.333. The number of amides is 1. The summed E-state index contributed by atoms with van der Waals surface area (Å²) in [5, 5.41) is 0. The molecule has 1 atom stereocenters. The number of para-hydroxylation sites is 2. The summed E-state index contributed by atoms with van der Waals surface area (Å²) in [4.78, 5) is 19.1. The average Bonchev–Trinajstić information content (AvgIpc) is 3.12. The fourth-order valence-electron chi connectivity index (χ4n) is 3.74. The number of nitrogens with two attached hydrogens (primary N) is 1. The van der Waals surface area contributed by atoms with E-state index in [1.165, 1.54) is 0 Å². The Morgan fingerprint density at radius 3 is 2.50 bits per heavy atom. The highest BCUT2D eigenvalue weighted by Crippen LogP contribution is 2.22. The van der Waals surface area contributed by atoms with Crippen LogP contribution < -0.4 is 5.73 Å². The third-order valence-electron chi connectivity index (χ3n) is 5.42. The van der Waals surface area contributed by atoms with Crippen LogP contribution in [0.3, 0.4) is 0 Å². The third-order valence-corrected chi connectivity index (χ3v) is 5.42. The Hall–Kier alpha value is -2.66. The monoisotopic (exact) mass is 348 g/mol. The Kier molecular flexibility index (Phi) is 4.47. The van der Waals surface area contributed by atoms with Gasteiger partial charge in [0.2, 0.25) is 0 Å². The van der Waals surface area contributed by atoms with Gasteiger partial charge in [-0.3, -0.25) is 9.36 Å². The molecule has 1 aliphatic heterocycles. The van der Waals surface area contributed by atoms with Crippen LogP contribution in [0.15, 0.2) is 54.9 Å². The minimum atomic E-state index is 0.107. The lowest BCUT2D eigenvalue weighted by Gasteiger charge is -2.33. The summed E-state index contributed by atoms with van der Waals surface area (Å²) >= 11 is 0. The van der Waals surface area contributed by atoms with Crippen molar-refractivity contribution >= 4 is 16.9 Å². The number of rotatable bonds is 3. The maximum Gasteiger partial charge on any atom is 0.253 e. The van der Waals surface area contributed by atoms with E-state index >= 15 is 0 Å². The van der Waals surface area contributed by atoms with Crippen LogP contribution in [0.4, 0.5) is 0 Å². The van der Waals surface area contributed by atoms with E-state index in [2.05, 4.69) is 11.9 Å². The van der Waals surface area contributed by atoms with E-state index < -0.39 is 0 Å². The van der Waals surface area contributed by atoms with Crippen molar-refractivity contribution < 1.29 is 4.79 Å². The standard InChI is InChI=1S/C21H24N4O/c1-15(22)16-10-12-24(13-11-16)21(26)17-6-8-18(9-7-17)25-14-23-19-4-2-3-5-20(19)25/h2-9,14-16H,10-13,22H2,1H3. The Bertz CT molecular complexity index is 905. The van der Waals surface area contributed by atoms with Gasteiger partial charge in [0.15, 0.2) is 0 Å². The number of aromatic nitrogens is 2. The summed E-state index contributed by atoms with van der Waals surface area (Å²) in [6, 6.07) is 16.0. The van der Waals surface area contributed by atoms with Gasteiger partial charge in [0.1, 0.15) is 6.33 Å². The van der Waals surface area contributed by atoms with Crippen molar-refractivity contribution in [3.05, 3.63) is 60.4 Å². The highest BCUT2D eigenvalue weighted by molar-refractivity contribution is 5.94. The average molecular weight is 348 g/mol. The molecule has 0 saturated carbocycles. The molecule has 5 nitrogen and oxygen atoms in total. The Morgan fingerprint density at radius 2 is 1.81 bits per heavy atom. The van der Waals surface area contributed by atoms with E-state index in [9.17, 15) is 4.79 Å². The van der Waals surface area contributed by atoms with Gasteiger partial charge in [-0.15, -0.1) is 0 Å². The second-order valence-corrected chi connectivity index (χ2v) is 7.14. The summed E-state index contributed by atoms with van der Waals surface area (Å²) in [7, 11) is 0. The fourth-order valence-corrected chi connectivity index (χ4v) is 3.74. The van der Waals surface area contributed by atoms with Crippen molar-refractivity contribution in [2.45, 2.75) is 25.8 Å². The van der Waals surface area contributed by atoms with Crippen molar-refractivity contribution in [2.24, 2.45) is 11.7 Å². The molecule has 4 rings (SSSR count). The molecule has 5 heteroatoms. The maximum absolute atomic E-state index is 12.8. The zero-order valence-corrected chi connectivity index (χ0v) is 15.0. The second kappa shape index (κ2) is 6.92. The van der Waals surface area contributed by atoms with Crippen LogP contribution in [-0.2, 0) is 0 Å². The van der Waals surface area contributed by atoms with E-state index in [-0.39, 0.29) is 11.9 Å². The van der Waals surface area contributed by atoms with Crippen LogP contribution in [0.25, 0.3) is 16.7 Å². The normalized spacial score (nSPS) is 16.8. The number of piperidine rings is 1. The molecule has 1 aliphatic rings. The van der Waals surface area contributed by atoms with Gasteiger partial charge in [0.05, 0.1) is 11.0 Å². The molecule has 0 radical (unpaired) electrons. The molecular weight excluding hydrogens is 324 g/mol. The topological polar surface area (TPSA) is 64.2 Å². The summed E-state index contributed by atoms with van der Waals surface area (Å²) in [5.74, 6) is 0.631. The Morgan fingerprint density at radius 1 is 1.12 bits per heavy atom. The largest absolute Gasteiger partial charge is 0.339 e. The van der Waals surface area contributed by atoms with E-state index in [0.29, 0.717) is 5.92 Å². The molecule has 3 aromatic rings. The zero-order valence-electron chi connectivity index (χ0n) is 15.0. The highest BCUT2D eigenvalue weighted by atomic mass is 16.2. The number of carbonyl (C=O) groups is 1. The predicted molar refractivity (Wildman–Crippen MR) is 103 cm³/mol. The van der Waals surface area contributed by atoms with Crippen molar-refractivity contribution in [3.8, 4) is 5.69 Å². The molecule has 0 bridgehead atoms. The lowest BCUT2D eigenvalue weighted by atomic mass is 9.90. The zero-order chi connectivity index (χ0) is 18.1. The van der Waals surface area contributed by atoms with E-state index in [0.717, 1.165) is 48.2 Å². The van der Waals surface area contributed by atoms with Gasteiger partial charge >= 0.3 is 0 Å². The van der Waals surface area contributed by atoms with Crippen LogP contribution in [0.1, 0.15) is 30.1 Å². The quantitative estimate of drug-likeness (QED) is 0.790. The molecule has 0 spiro atoms. The minimum Gasteiger partial charge on any atom is -0.339 e. The molecule has 2 heterocycles. The molecule has 26 heavy (non-hydrogen) atoms. The summed E-state index contributed by atoms with van der Waals surface area (Å²) < 4.78 is 2.04. The third kappa shape index (κ3) is 3.10. The molecule has 1 unspecified atom stereocenters. The lowest BCUT2D eigenvalue weighted by Crippen LogP contribution is -2.42. The van der Waals surface area contributed by atoms with Gasteiger partial charge in [-0.1, -0.05) is 12.1 Å². The van der Waals surface area contributed by atoms with Crippen molar-refractivity contribution in [1.82, 2.24) is 14.5 Å². The smallest absolute Gasteiger partial charge is 0.253 e. The van der Waals surface area contributed by atoms with Crippen LogP contribution >= 0.6 is 0 Å². The minimum absolute atomic E-state index is 0.107. The Balaban J connectivity index is 1.50. The molecule has 1 saturated heterocycles. The first kappa shape index (κ1) is 16.8. The molecule has 1 aromatic heterocycles. The maximum atomic E-state index is 12.8. The van der Waals surface area contributed by atoms with Gasteiger partial charge in [-0.2, -0.15) is 0 Å². The molecule has 134 valence electrons. The number of imidazole rings is 1. The number of likely N-dealkylation sites (tertiary alicyclic amines) is 1. The van der Waals surface area contributed by atoms with Crippen molar-refractivity contribution in [3.63, 3.8) is 0 Å². The summed E-state index contributed by atoms with van der Waals surface area (Å²) in [6.07, 6.45) is 3.80.